The van der Waals surface area contributed by atoms with Gasteiger partial charge in [0.1, 0.15) is 0 Å². The minimum Gasteiger partial charge on any atom is -0.379 e. The smallest absolute Gasteiger partial charge is 0.241 e. The molecular formula is C13H20N2O3S. The van der Waals surface area contributed by atoms with Gasteiger partial charge < -0.3 is 10.5 Å². The number of hydrogen-bond donors (Lipinski definition) is 2. The lowest BCUT2D eigenvalue weighted by atomic mass is 10.0. The summed E-state index contributed by atoms with van der Waals surface area (Å²) in [5, 5.41) is 0. The van der Waals surface area contributed by atoms with E-state index in [1.54, 1.807) is 19.1 Å². The number of nitrogens with one attached hydrogen (secondary N) is 1. The highest BCUT2D eigenvalue weighted by molar-refractivity contribution is 7.89. The highest BCUT2D eigenvalue weighted by atomic mass is 32.2. The molecule has 19 heavy (non-hydrogen) atoms. The topological polar surface area (TPSA) is 81.4 Å². The van der Waals surface area contributed by atoms with Crippen LogP contribution in [0.1, 0.15) is 24.5 Å². The van der Waals surface area contributed by atoms with Crippen LogP contribution in [0.5, 0.6) is 0 Å². The van der Waals surface area contributed by atoms with Crippen LogP contribution in [0.25, 0.3) is 0 Å². The molecule has 1 unspecified atom stereocenters. The van der Waals surface area contributed by atoms with Crippen molar-refractivity contribution in [2.75, 3.05) is 13.2 Å². The average Bonchev–Trinajstić information content (AvgIpc) is 2.74. The Morgan fingerprint density at radius 1 is 1.47 bits per heavy atom. The number of benzene rings is 1. The summed E-state index contributed by atoms with van der Waals surface area (Å²) in [6.07, 6.45) is 0.687. The van der Waals surface area contributed by atoms with Gasteiger partial charge in [0.15, 0.2) is 0 Å². The van der Waals surface area contributed by atoms with Crippen molar-refractivity contribution >= 4 is 10.0 Å². The Kier molecular flexibility index (Phi) is 3.96. The maximum Gasteiger partial charge on any atom is 0.241 e. The Bertz CT molecular complexity index is 563. The third kappa shape index (κ3) is 3.14. The van der Waals surface area contributed by atoms with Gasteiger partial charge in [-0.3, -0.25) is 0 Å². The summed E-state index contributed by atoms with van der Waals surface area (Å²) in [5.74, 6) is 0. The predicted molar refractivity (Wildman–Crippen MR) is 73.2 cm³/mol. The predicted octanol–water partition coefficient (Wildman–Crippen LogP) is 0.911. The van der Waals surface area contributed by atoms with Gasteiger partial charge in [0.25, 0.3) is 0 Å². The fourth-order valence-corrected chi connectivity index (χ4v) is 3.92. The second kappa shape index (κ2) is 5.20. The standard InChI is InChI=1S/C13H20N2O3S/c1-10-7-11(8-14)3-4-12(10)19(16,17)15-13(2)5-6-18-9-13/h3-4,7,15H,5-6,8-9,14H2,1-2H3. The molecule has 1 fully saturated rings. The zero-order valence-electron chi connectivity index (χ0n) is 11.3. The molecule has 1 aromatic carbocycles. The number of sulfonamides is 1. The lowest BCUT2D eigenvalue weighted by Crippen LogP contribution is -2.46. The van der Waals surface area contributed by atoms with E-state index in [4.69, 9.17) is 10.5 Å². The second-order valence-corrected chi connectivity index (χ2v) is 6.92. The molecule has 5 nitrogen and oxygen atoms in total. The minimum absolute atomic E-state index is 0.304. The van der Waals surface area contributed by atoms with Gasteiger partial charge in [-0.25, -0.2) is 13.1 Å². The van der Waals surface area contributed by atoms with Crippen molar-refractivity contribution in [1.29, 1.82) is 0 Å². The third-order valence-electron chi connectivity index (χ3n) is 3.36. The third-order valence-corrected chi connectivity index (χ3v) is 5.16. The summed E-state index contributed by atoms with van der Waals surface area (Å²) >= 11 is 0. The molecule has 0 amide bonds. The van der Waals surface area contributed by atoms with E-state index in [0.717, 1.165) is 5.56 Å². The van der Waals surface area contributed by atoms with Gasteiger partial charge in [-0.2, -0.15) is 0 Å². The molecule has 1 aromatic rings. The van der Waals surface area contributed by atoms with E-state index in [-0.39, 0.29) is 0 Å². The van der Waals surface area contributed by atoms with Crippen LogP contribution in [0.3, 0.4) is 0 Å². The molecule has 3 N–H and O–H groups in total. The maximum absolute atomic E-state index is 12.4. The van der Waals surface area contributed by atoms with Crippen molar-refractivity contribution in [3.63, 3.8) is 0 Å². The Morgan fingerprint density at radius 2 is 2.21 bits per heavy atom. The molecule has 0 radical (unpaired) electrons. The molecule has 2 rings (SSSR count). The number of rotatable bonds is 4. The summed E-state index contributed by atoms with van der Waals surface area (Å²) in [5.41, 5.74) is 6.66. The molecule has 1 aliphatic heterocycles. The normalized spacial score (nSPS) is 23.7. The van der Waals surface area contributed by atoms with Gasteiger partial charge in [0, 0.05) is 13.2 Å². The molecule has 0 aliphatic carbocycles. The second-order valence-electron chi connectivity index (χ2n) is 5.27. The Morgan fingerprint density at radius 3 is 2.74 bits per heavy atom. The van der Waals surface area contributed by atoms with E-state index >= 15 is 0 Å². The lowest BCUT2D eigenvalue weighted by molar-refractivity contribution is 0.178. The van der Waals surface area contributed by atoms with Gasteiger partial charge >= 0.3 is 0 Å². The zero-order valence-corrected chi connectivity index (χ0v) is 12.1. The molecule has 6 heteroatoms. The van der Waals surface area contributed by atoms with Crippen molar-refractivity contribution < 1.29 is 13.2 Å². The van der Waals surface area contributed by atoms with Crippen LogP contribution in [-0.4, -0.2) is 27.2 Å². The average molecular weight is 284 g/mol. The lowest BCUT2D eigenvalue weighted by Gasteiger charge is -2.23. The van der Waals surface area contributed by atoms with E-state index < -0.39 is 15.6 Å². The van der Waals surface area contributed by atoms with Crippen LogP contribution in [-0.2, 0) is 21.3 Å². The Balaban J connectivity index is 2.29. The number of ether oxygens (including phenoxy) is 1. The van der Waals surface area contributed by atoms with Crippen molar-refractivity contribution in [2.24, 2.45) is 5.73 Å². The molecule has 1 atom stereocenters. The van der Waals surface area contributed by atoms with Crippen LogP contribution < -0.4 is 10.5 Å². The van der Waals surface area contributed by atoms with Crippen molar-refractivity contribution in [1.82, 2.24) is 4.72 Å². The monoisotopic (exact) mass is 284 g/mol. The van der Waals surface area contributed by atoms with Gasteiger partial charge in [-0.1, -0.05) is 12.1 Å². The fourth-order valence-electron chi connectivity index (χ4n) is 2.27. The zero-order chi connectivity index (χ0) is 14.1. The first-order chi connectivity index (χ1) is 8.86. The van der Waals surface area contributed by atoms with Gasteiger partial charge in [0.05, 0.1) is 17.0 Å². The number of nitrogens with two attached hydrogens (primary N) is 1. The van der Waals surface area contributed by atoms with Crippen molar-refractivity contribution in [2.45, 2.75) is 37.2 Å². The fraction of sp³-hybridized carbons (Fsp3) is 0.538. The number of hydrogen-bond acceptors (Lipinski definition) is 4. The van der Waals surface area contributed by atoms with Crippen LogP contribution >= 0.6 is 0 Å². The first kappa shape index (κ1) is 14.5. The molecule has 0 bridgehead atoms. The molecule has 1 saturated heterocycles. The SMILES string of the molecule is Cc1cc(CN)ccc1S(=O)(=O)NC1(C)CCOC1. The van der Waals surface area contributed by atoms with Crippen LogP contribution in [0.15, 0.2) is 23.1 Å². The highest BCUT2D eigenvalue weighted by Crippen LogP contribution is 2.23. The Hall–Kier alpha value is -0.950. The molecule has 0 aromatic heterocycles. The molecule has 0 saturated carbocycles. The van der Waals surface area contributed by atoms with E-state index in [2.05, 4.69) is 4.72 Å². The molecule has 0 spiro atoms. The van der Waals surface area contributed by atoms with E-state index in [9.17, 15) is 8.42 Å². The van der Waals surface area contributed by atoms with Gasteiger partial charge in [-0.15, -0.1) is 0 Å². The van der Waals surface area contributed by atoms with Crippen LogP contribution in [0.2, 0.25) is 0 Å². The minimum atomic E-state index is -3.53. The molecule has 1 heterocycles. The number of aryl methyl sites for hydroxylation is 1. The van der Waals surface area contributed by atoms with Gasteiger partial charge in [-0.05, 0) is 37.5 Å². The summed E-state index contributed by atoms with van der Waals surface area (Å²) in [7, 11) is -3.53. The maximum atomic E-state index is 12.4. The first-order valence-electron chi connectivity index (χ1n) is 6.28. The quantitative estimate of drug-likeness (QED) is 0.861. The summed E-state index contributed by atoms with van der Waals surface area (Å²) in [4.78, 5) is 0.304. The van der Waals surface area contributed by atoms with E-state index in [0.29, 0.717) is 36.6 Å². The summed E-state index contributed by atoms with van der Waals surface area (Å²) in [6, 6.07) is 5.16. The first-order valence-corrected chi connectivity index (χ1v) is 7.76. The van der Waals surface area contributed by atoms with E-state index in [1.807, 2.05) is 13.0 Å². The van der Waals surface area contributed by atoms with Crippen LogP contribution in [0, 0.1) is 6.92 Å². The van der Waals surface area contributed by atoms with Crippen LogP contribution in [0.4, 0.5) is 0 Å². The van der Waals surface area contributed by atoms with Crippen molar-refractivity contribution in [3.05, 3.63) is 29.3 Å². The molecular weight excluding hydrogens is 264 g/mol. The highest BCUT2D eigenvalue weighted by Gasteiger charge is 2.34. The summed E-state index contributed by atoms with van der Waals surface area (Å²) in [6.45, 7) is 5.04. The Labute approximate surface area is 114 Å². The van der Waals surface area contributed by atoms with Crippen molar-refractivity contribution in [3.8, 4) is 0 Å². The van der Waals surface area contributed by atoms with Gasteiger partial charge in [0.2, 0.25) is 10.0 Å². The largest absolute Gasteiger partial charge is 0.379 e. The van der Waals surface area contributed by atoms with E-state index in [1.165, 1.54) is 0 Å². The molecule has 106 valence electrons. The summed E-state index contributed by atoms with van der Waals surface area (Å²) < 4.78 is 32.8. The molecule has 1 aliphatic rings.